The molecule has 100 heavy (non-hydrogen) atoms. The molecule has 8 nitrogen and oxygen atoms in total. The molecule has 0 N–H and O–H groups in total. The lowest BCUT2D eigenvalue weighted by Gasteiger charge is -2.41. The van der Waals surface area contributed by atoms with Gasteiger partial charge >= 0.3 is 7.12 Å². The zero-order valence-electron chi connectivity index (χ0n) is 55.7. The molecule has 1 aliphatic heterocycles. The van der Waals surface area contributed by atoms with Gasteiger partial charge in [0.1, 0.15) is 0 Å². The Labute approximate surface area is 592 Å². The van der Waals surface area contributed by atoms with Gasteiger partial charge in [-0.3, -0.25) is 9.59 Å². The van der Waals surface area contributed by atoms with Gasteiger partial charge in [-0.15, -0.1) is 0 Å². The number of hydrogen-bond donors (Lipinski definition) is 0. The number of carbonyl (C=O) groups excluding carboxylic acids is 2. The Bertz CT molecular complexity index is 5070. The highest BCUT2D eigenvalue weighted by atomic mass is 79.9. The van der Waals surface area contributed by atoms with Gasteiger partial charge in [0.25, 0.3) is 0 Å². The van der Waals surface area contributed by atoms with E-state index in [4.69, 9.17) is 29.2 Å². The molecule has 1 saturated heterocycles. The molecule has 0 unspecified atom stereocenters. The van der Waals surface area contributed by atoms with Crippen molar-refractivity contribution in [2.45, 2.75) is 49.7 Å². The summed E-state index contributed by atoms with van der Waals surface area (Å²) in [5.74, 6) is 0.814. The van der Waals surface area contributed by atoms with Crippen molar-refractivity contribution < 1.29 is 18.9 Å². The number of aromatic nitrogens is 4. The molecule has 2 aromatic heterocycles. The predicted octanol–water partition coefficient (Wildman–Crippen LogP) is 19.9. The molecule has 3 heterocycles. The van der Waals surface area contributed by atoms with Crippen molar-refractivity contribution in [3.8, 4) is 56.4 Å². The molecule has 1 fully saturated rings. The number of carbonyl (C=O) groups is 2. The summed E-state index contributed by atoms with van der Waals surface area (Å²) in [6.45, 7) is 8.14. The molecule has 0 spiro atoms. The van der Waals surface area contributed by atoms with E-state index in [1.807, 2.05) is 216 Å². The minimum Gasteiger partial charge on any atom is -0.397 e. The van der Waals surface area contributed by atoms with E-state index >= 15 is 0 Å². The van der Waals surface area contributed by atoms with Crippen LogP contribution in [-0.2, 0) is 20.1 Å². The second kappa shape index (κ2) is 27.1. The normalized spacial score (nSPS) is 14.7. The van der Waals surface area contributed by atoms with Crippen LogP contribution < -0.4 is 5.72 Å². The van der Waals surface area contributed by atoms with E-state index in [1.165, 1.54) is 0 Å². The number of benzene rings is 12. The SMILES string of the molecule is CC1(C)OB(c2nc(-c3ccccc3)cc(-c3ccccc3)n2)OC1(C)C.O=C1c2ccccc2C(c2ccccc2)(c2ccc(-c3nc(-c4ccccc4)cc(-c4ccccc4)n3)cc2)c2ccccc21.O=C1c2ccccc2C(c2ccccc2)(c2ccc(Br)cc2)c2ccccc21. The van der Waals surface area contributed by atoms with Crippen molar-refractivity contribution >= 4 is 40.3 Å². The van der Waals surface area contributed by atoms with Crippen molar-refractivity contribution in [1.82, 2.24) is 19.9 Å². The van der Waals surface area contributed by atoms with Crippen molar-refractivity contribution in [2.24, 2.45) is 0 Å². The largest absolute Gasteiger partial charge is 0.534 e. The summed E-state index contributed by atoms with van der Waals surface area (Å²) in [5.41, 5.74) is 18.5. The average Bonchev–Trinajstić information content (AvgIpc) is 0.895. The van der Waals surface area contributed by atoms with Crippen LogP contribution >= 0.6 is 15.9 Å². The molecule has 0 bridgehead atoms. The van der Waals surface area contributed by atoms with Gasteiger partial charge in [0.05, 0.1) is 44.8 Å². The Morgan fingerprint density at radius 1 is 0.290 bits per heavy atom. The van der Waals surface area contributed by atoms with Crippen LogP contribution in [0.5, 0.6) is 0 Å². The fraction of sp³-hybridized carbons (Fsp3) is 0.0889. The molecule has 0 radical (unpaired) electrons. The molecule has 10 heteroatoms. The molecule has 0 atom stereocenters. The molecular formula is C90H68BBrN4O4. The standard InChI is InChI=1S/C42H28N2O.C26H17BrO.C22H23BN2O2/c45-40-34-20-10-12-22-36(34)42(32-18-8-3-9-19-32,37-23-13-11-21-35(37)40)33-26-24-31(25-27-33)41-43-38(29-14-4-1-5-15-29)28-39(44-41)30-16-6-2-7-17-30;27-20-16-14-19(15-17-20)26(18-8-2-1-3-9-18)23-12-6-4-10-21(23)25(28)22-11-5-7-13-24(22)26;1-21(2)22(3,4)27-23(26-21)20-24-18(16-11-7-5-8-12-16)15-19(25-20)17-13-9-6-10-14-17/h1-28H;1-17H;5-15H,1-4H3. The van der Waals surface area contributed by atoms with E-state index in [0.29, 0.717) is 11.5 Å². The number of halogens is 1. The van der Waals surface area contributed by atoms with Crippen LogP contribution in [0, 0.1) is 0 Å². The van der Waals surface area contributed by atoms with Crippen molar-refractivity contribution in [3.05, 3.63) is 411 Å². The van der Waals surface area contributed by atoms with E-state index in [1.54, 1.807) is 0 Å². The van der Waals surface area contributed by atoms with Gasteiger partial charge in [-0.1, -0.05) is 331 Å². The van der Waals surface area contributed by atoms with Gasteiger partial charge < -0.3 is 9.31 Å². The average molecular weight is 1360 g/mol. The zero-order valence-corrected chi connectivity index (χ0v) is 57.3. The molecular weight excluding hydrogens is 1290 g/mol. The first-order valence-electron chi connectivity index (χ1n) is 33.6. The Morgan fingerprint density at radius 2 is 0.550 bits per heavy atom. The van der Waals surface area contributed by atoms with Crippen LogP contribution in [0.3, 0.4) is 0 Å². The molecule has 12 aromatic carbocycles. The van der Waals surface area contributed by atoms with Crippen LogP contribution in [0.15, 0.2) is 344 Å². The van der Waals surface area contributed by atoms with Gasteiger partial charge in [-0.2, -0.15) is 0 Å². The summed E-state index contributed by atoms with van der Waals surface area (Å²) in [6.07, 6.45) is 0. The summed E-state index contributed by atoms with van der Waals surface area (Å²) in [5, 5.41) is 0. The second-order valence-corrected chi connectivity index (χ2v) is 27.1. The fourth-order valence-electron chi connectivity index (χ4n) is 14.3. The topological polar surface area (TPSA) is 104 Å². The van der Waals surface area contributed by atoms with E-state index in [0.717, 1.165) is 122 Å². The maximum absolute atomic E-state index is 13.8. The first-order valence-corrected chi connectivity index (χ1v) is 34.4. The summed E-state index contributed by atoms with van der Waals surface area (Å²) in [4.78, 5) is 46.7. The fourth-order valence-corrected chi connectivity index (χ4v) is 14.5. The number of rotatable bonds is 10. The highest BCUT2D eigenvalue weighted by molar-refractivity contribution is 9.10. The van der Waals surface area contributed by atoms with Crippen molar-refractivity contribution in [3.63, 3.8) is 0 Å². The third-order valence-corrected chi connectivity index (χ3v) is 20.3. The molecule has 482 valence electrons. The van der Waals surface area contributed by atoms with E-state index in [9.17, 15) is 9.59 Å². The maximum Gasteiger partial charge on any atom is 0.534 e. The lowest BCUT2D eigenvalue weighted by Crippen LogP contribution is -2.41. The summed E-state index contributed by atoms with van der Waals surface area (Å²) >= 11 is 3.56. The van der Waals surface area contributed by atoms with Gasteiger partial charge in [0.2, 0.25) is 0 Å². The third-order valence-electron chi connectivity index (χ3n) is 19.8. The number of hydrogen-bond acceptors (Lipinski definition) is 8. The smallest absolute Gasteiger partial charge is 0.397 e. The lowest BCUT2D eigenvalue weighted by atomic mass is 9.59. The van der Waals surface area contributed by atoms with Crippen LogP contribution in [0.2, 0.25) is 0 Å². The predicted molar refractivity (Wildman–Crippen MR) is 405 cm³/mol. The van der Waals surface area contributed by atoms with Gasteiger partial charge in [-0.05, 0) is 96.5 Å². The zero-order chi connectivity index (χ0) is 68.4. The number of nitrogens with zero attached hydrogens (tertiary/aromatic N) is 4. The minimum atomic E-state index is -0.678. The molecule has 0 saturated carbocycles. The molecule has 0 amide bonds. The third kappa shape index (κ3) is 11.8. The van der Waals surface area contributed by atoms with Gasteiger partial charge in [-0.25, -0.2) is 19.9 Å². The Kier molecular flexibility index (Phi) is 17.5. The number of fused-ring (bicyclic) bond motifs is 4. The van der Waals surface area contributed by atoms with E-state index < -0.39 is 29.2 Å². The van der Waals surface area contributed by atoms with Crippen molar-refractivity contribution in [1.29, 1.82) is 0 Å². The number of ketones is 2. The van der Waals surface area contributed by atoms with Crippen LogP contribution in [0.25, 0.3) is 56.4 Å². The molecule has 3 aliphatic rings. The quantitative estimate of drug-likeness (QED) is 0.125. The minimum absolute atomic E-state index is 0.0592. The highest BCUT2D eigenvalue weighted by Gasteiger charge is 2.54. The molecule has 17 rings (SSSR count). The Hall–Kier alpha value is -11.4. The van der Waals surface area contributed by atoms with Crippen molar-refractivity contribution in [2.75, 3.05) is 0 Å². The molecule has 2 aliphatic carbocycles. The maximum atomic E-state index is 13.8. The molecule has 14 aromatic rings. The van der Waals surface area contributed by atoms with E-state index in [-0.39, 0.29) is 11.6 Å². The summed E-state index contributed by atoms with van der Waals surface area (Å²) in [7, 11) is -0.596. The first-order chi connectivity index (χ1) is 48.8. The van der Waals surface area contributed by atoms with Crippen LogP contribution in [0.1, 0.15) is 104 Å². The monoisotopic (exact) mass is 1360 g/mol. The van der Waals surface area contributed by atoms with Gasteiger partial charge in [0, 0.05) is 54.5 Å². The second-order valence-electron chi connectivity index (χ2n) is 26.2. The van der Waals surface area contributed by atoms with Gasteiger partial charge in [0.15, 0.2) is 23.1 Å². The summed E-state index contributed by atoms with van der Waals surface area (Å²) < 4.78 is 13.4. The lowest BCUT2D eigenvalue weighted by molar-refractivity contribution is 0.00578. The van der Waals surface area contributed by atoms with Crippen LogP contribution in [-0.4, -0.2) is 49.8 Å². The van der Waals surface area contributed by atoms with Crippen LogP contribution in [0.4, 0.5) is 0 Å². The highest BCUT2D eigenvalue weighted by Crippen LogP contribution is 2.53. The summed E-state index contributed by atoms with van der Waals surface area (Å²) in [6, 6.07) is 115. The Morgan fingerprint density at radius 3 is 0.870 bits per heavy atom. The Balaban J connectivity index is 0.000000128. The first kappa shape index (κ1) is 64.6. The van der Waals surface area contributed by atoms with E-state index in [2.05, 4.69) is 168 Å².